The molecule has 0 radical (unpaired) electrons. The summed E-state index contributed by atoms with van der Waals surface area (Å²) in [7, 11) is 0. The molecule has 0 heterocycles. The average molecular weight is 174 g/mol. The van der Waals surface area contributed by atoms with E-state index in [0.29, 0.717) is 0 Å². The highest BCUT2D eigenvalue weighted by Crippen LogP contribution is 2.11. The van der Waals surface area contributed by atoms with Crippen LogP contribution in [0.15, 0.2) is 35.4 Å². The van der Waals surface area contributed by atoms with Crippen LogP contribution in [0.25, 0.3) is 0 Å². The van der Waals surface area contributed by atoms with Crippen molar-refractivity contribution in [3.63, 3.8) is 0 Å². The Bertz CT molecular complexity index is 297. The fourth-order valence-corrected chi connectivity index (χ4v) is 1.19. The molecule has 0 fully saturated rings. The highest BCUT2D eigenvalue weighted by atomic mass is 14.0. The van der Waals surface area contributed by atoms with Crippen LogP contribution in [-0.4, -0.2) is 0 Å². The minimum absolute atomic E-state index is 1.09. The van der Waals surface area contributed by atoms with E-state index in [1.807, 2.05) is 0 Å². The molecule has 0 nitrogen and oxygen atoms in total. The Labute approximate surface area is 81.3 Å². The molecule has 0 aliphatic carbocycles. The molecule has 1 aromatic carbocycles. The summed E-state index contributed by atoms with van der Waals surface area (Å²) in [6, 6.07) is 8.77. The number of hydrogen-bond acceptors (Lipinski definition) is 0. The average Bonchev–Trinajstić information content (AvgIpc) is 2.08. The molecule has 0 heteroatoms. The van der Waals surface area contributed by atoms with Crippen LogP contribution in [0.3, 0.4) is 0 Å². The Morgan fingerprint density at radius 2 is 1.54 bits per heavy atom. The summed E-state index contributed by atoms with van der Waals surface area (Å²) < 4.78 is 0. The zero-order valence-corrected chi connectivity index (χ0v) is 9.02. The van der Waals surface area contributed by atoms with Crippen LogP contribution < -0.4 is 0 Å². The number of allylic oxidation sites excluding steroid dienone is 2. The molecule has 0 bridgehead atoms. The number of rotatable bonds is 2. The van der Waals surface area contributed by atoms with Crippen molar-refractivity contribution in [2.45, 2.75) is 34.1 Å². The maximum atomic E-state index is 2.21. The predicted octanol–water partition coefficient (Wildman–Crippen LogP) is 3.89. The van der Waals surface area contributed by atoms with E-state index in [0.717, 1.165) is 6.42 Å². The third kappa shape index (κ3) is 3.06. The van der Waals surface area contributed by atoms with Crippen molar-refractivity contribution in [2.24, 2.45) is 0 Å². The van der Waals surface area contributed by atoms with Gasteiger partial charge in [-0.1, -0.05) is 41.0 Å². The largest absolute Gasteiger partial charge is 0.0772 e. The summed E-state index contributed by atoms with van der Waals surface area (Å²) in [5.41, 5.74) is 5.65. The van der Waals surface area contributed by atoms with Gasteiger partial charge in [0, 0.05) is 0 Å². The van der Waals surface area contributed by atoms with Gasteiger partial charge in [0.2, 0.25) is 0 Å². The topological polar surface area (TPSA) is 0 Å². The Hall–Kier alpha value is -1.04. The first-order valence-electron chi connectivity index (χ1n) is 4.78. The van der Waals surface area contributed by atoms with Crippen LogP contribution in [0.2, 0.25) is 0 Å². The molecule has 1 rings (SSSR count). The van der Waals surface area contributed by atoms with Crippen LogP contribution in [0, 0.1) is 6.92 Å². The minimum Gasteiger partial charge on any atom is -0.0772 e. The van der Waals surface area contributed by atoms with E-state index in [1.165, 1.54) is 22.3 Å². The second-order valence-corrected chi connectivity index (χ2v) is 3.94. The fraction of sp³-hybridized carbons (Fsp3) is 0.385. The van der Waals surface area contributed by atoms with Gasteiger partial charge < -0.3 is 0 Å². The molecule has 1 aromatic rings. The molecule has 0 N–H and O–H groups in total. The van der Waals surface area contributed by atoms with E-state index in [-0.39, 0.29) is 0 Å². The van der Waals surface area contributed by atoms with E-state index in [2.05, 4.69) is 52.0 Å². The van der Waals surface area contributed by atoms with Crippen molar-refractivity contribution in [1.82, 2.24) is 0 Å². The standard InChI is InChI=1S/C13H18/c1-10(2)12(4)9-13-7-5-11(3)6-8-13/h5-8H,9H2,1-4H3. The lowest BCUT2D eigenvalue weighted by Crippen LogP contribution is -1.88. The highest BCUT2D eigenvalue weighted by molar-refractivity contribution is 5.26. The zero-order chi connectivity index (χ0) is 9.84. The van der Waals surface area contributed by atoms with Gasteiger partial charge in [-0.3, -0.25) is 0 Å². The second kappa shape index (κ2) is 4.27. The molecular formula is C13H18. The summed E-state index contributed by atoms with van der Waals surface area (Å²) in [6.07, 6.45) is 1.09. The lowest BCUT2D eigenvalue weighted by Gasteiger charge is -2.04. The number of benzene rings is 1. The Balaban J connectivity index is 2.76. The summed E-state index contributed by atoms with van der Waals surface area (Å²) in [5.74, 6) is 0. The minimum atomic E-state index is 1.09. The maximum absolute atomic E-state index is 2.21. The first-order valence-corrected chi connectivity index (χ1v) is 4.78. The van der Waals surface area contributed by atoms with Gasteiger partial charge in [-0.15, -0.1) is 0 Å². The molecule has 0 aromatic heterocycles. The molecular weight excluding hydrogens is 156 g/mol. The molecule has 0 aliphatic heterocycles. The normalized spacial score (nSPS) is 9.85. The molecule has 0 saturated heterocycles. The van der Waals surface area contributed by atoms with Crippen LogP contribution in [0.1, 0.15) is 31.9 Å². The molecule has 0 spiro atoms. The van der Waals surface area contributed by atoms with Gasteiger partial charge in [0.25, 0.3) is 0 Å². The third-order valence-corrected chi connectivity index (χ3v) is 2.44. The van der Waals surface area contributed by atoms with Gasteiger partial charge in [-0.2, -0.15) is 0 Å². The summed E-state index contributed by atoms with van der Waals surface area (Å²) in [6.45, 7) is 8.67. The molecule has 0 aliphatic rings. The lowest BCUT2D eigenvalue weighted by atomic mass is 10.0. The van der Waals surface area contributed by atoms with Crippen LogP contribution in [0.5, 0.6) is 0 Å². The van der Waals surface area contributed by atoms with Gasteiger partial charge in [-0.25, -0.2) is 0 Å². The Morgan fingerprint density at radius 3 is 2.00 bits per heavy atom. The first kappa shape index (κ1) is 10.0. The quantitative estimate of drug-likeness (QED) is 0.597. The van der Waals surface area contributed by atoms with Crippen molar-refractivity contribution < 1.29 is 0 Å². The molecule has 70 valence electrons. The van der Waals surface area contributed by atoms with Crippen molar-refractivity contribution in [3.05, 3.63) is 46.5 Å². The number of hydrogen-bond donors (Lipinski definition) is 0. The smallest absolute Gasteiger partial charge is 0.00674 e. The fourth-order valence-electron chi connectivity index (χ4n) is 1.19. The predicted molar refractivity (Wildman–Crippen MR) is 58.9 cm³/mol. The second-order valence-electron chi connectivity index (χ2n) is 3.94. The van der Waals surface area contributed by atoms with Crippen molar-refractivity contribution in [1.29, 1.82) is 0 Å². The van der Waals surface area contributed by atoms with Gasteiger partial charge in [0.15, 0.2) is 0 Å². The maximum Gasteiger partial charge on any atom is -0.00674 e. The molecule has 0 atom stereocenters. The van der Waals surface area contributed by atoms with Gasteiger partial charge >= 0.3 is 0 Å². The van der Waals surface area contributed by atoms with Crippen molar-refractivity contribution in [2.75, 3.05) is 0 Å². The van der Waals surface area contributed by atoms with E-state index in [4.69, 9.17) is 0 Å². The summed E-state index contributed by atoms with van der Waals surface area (Å²) in [4.78, 5) is 0. The number of aryl methyl sites for hydroxylation is 1. The van der Waals surface area contributed by atoms with E-state index < -0.39 is 0 Å². The first-order chi connectivity index (χ1) is 6.09. The van der Waals surface area contributed by atoms with E-state index in [1.54, 1.807) is 0 Å². The van der Waals surface area contributed by atoms with Gasteiger partial charge in [-0.05, 0) is 39.7 Å². The summed E-state index contributed by atoms with van der Waals surface area (Å²) in [5, 5.41) is 0. The van der Waals surface area contributed by atoms with Crippen molar-refractivity contribution >= 4 is 0 Å². The van der Waals surface area contributed by atoms with Crippen LogP contribution in [0.4, 0.5) is 0 Å². The third-order valence-electron chi connectivity index (χ3n) is 2.44. The molecule has 13 heavy (non-hydrogen) atoms. The highest BCUT2D eigenvalue weighted by Gasteiger charge is 1.95. The van der Waals surface area contributed by atoms with E-state index >= 15 is 0 Å². The molecule has 0 saturated carbocycles. The Morgan fingerprint density at radius 1 is 1.00 bits per heavy atom. The Kier molecular flexibility index (Phi) is 3.30. The van der Waals surface area contributed by atoms with Crippen LogP contribution in [-0.2, 0) is 6.42 Å². The lowest BCUT2D eigenvalue weighted by molar-refractivity contribution is 1.09. The van der Waals surface area contributed by atoms with Crippen LogP contribution >= 0.6 is 0 Å². The molecule has 0 unspecified atom stereocenters. The zero-order valence-electron chi connectivity index (χ0n) is 9.02. The SMILES string of the molecule is CC(C)=C(C)Cc1ccc(C)cc1. The van der Waals surface area contributed by atoms with Crippen molar-refractivity contribution in [3.8, 4) is 0 Å². The van der Waals surface area contributed by atoms with Gasteiger partial charge in [0.05, 0.1) is 0 Å². The monoisotopic (exact) mass is 174 g/mol. The summed E-state index contributed by atoms with van der Waals surface area (Å²) >= 11 is 0. The molecule has 0 amide bonds. The van der Waals surface area contributed by atoms with Gasteiger partial charge in [0.1, 0.15) is 0 Å². The van der Waals surface area contributed by atoms with E-state index in [9.17, 15) is 0 Å².